The van der Waals surface area contributed by atoms with E-state index in [0.717, 1.165) is 4.88 Å². The lowest BCUT2D eigenvalue weighted by molar-refractivity contribution is -0.123. The van der Waals surface area contributed by atoms with Gasteiger partial charge < -0.3 is 15.8 Å². The quantitative estimate of drug-likeness (QED) is 0.777. The number of carbonyl (C=O) groups is 1. The van der Waals surface area contributed by atoms with E-state index in [1.54, 1.807) is 11.3 Å². The molecule has 0 spiro atoms. The van der Waals surface area contributed by atoms with E-state index in [1.165, 1.54) is 12.0 Å². The van der Waals surface area contributed by atoms with Crippen LogP contribution in [0.5, 0.6) is 0 Å². The van der Waals surface area contributed by atoms with Crippen molar-refractivity contribution in [1.82, 2.24) is 5.32 Å². The molecule has 1 aromatic rings. The van der Waals surface area contributed by atoms with Gasteiger partial charge in [-0.15, -0.1) is 11.3 Å². The number of ether oxygens (including phenoxy) is 1. The van der Waals surface area contributed by atoms with Crippen molar-refractivity contribution in [2.75, 3.05) is 13.7 Å². The minimum Gasteiger partial charge on any atom is -0.383 e. The van der Waals surface area contributed by atoms with Crippen LogP contribution in [0.2, 0.25) is 0 Å². The van der Waals surface area contributed by atoms with Gasteiger partial charge in [0.2, 0.25) is 5.91 Å². The second-order valence-electron chi connectivity index (χ2n) is 3.29. The molecule has 4 nitrogen and oxygen atoms in total. The molecule has 0 bridgehead atoms. The second-order valence-corrected chi connectivity index (χ2v) is 4.66. The van der Waals surface area contributed by atoms with E-state index in [1.807, 2.05) is 19.1 Å². The monoisotopic (exact) mass is 228 g/mol. The Morgan fingerprint density at radius 1 is 1.67 bits per heavy atom. The average Bonchev–Trinajstić information content (AvgIpc) is 2.61. The van der Waals surface area contributed by atoms with Crippen molar-refractivity contribution in [3.8, 4) is 0 Å². The summed E-state index contributed by atoms with van der Waals surface area (Å²) in [6.07, 6.45) is 0. The third-order valence-corrected chi connectivity index (χ3v) is 2.92. The van der Waals surface area contributed by atoms with Crippen LogP contribution in [-0.2, 0) is 16.1 Å². The van der Waals surface area contributed by atoms with E-state index in [2.05, 4.69) is 5.32 Å². The molecular weight excluding hydrogens is 212 g/mol. The minimum absolute atomic E-state index is 0.178. The Morgan fingerprint density at radius 2 is 2.40 bits per heavy atom. The van der Waals surface area contributed by atoms with Gasteiger partial charge in [0.1, 0.15) is 6.04 Å². The first-order chi connectivity index (χ1) is 7.13. The molecule has 3 N–H and O–H groups in total. The summed E-state index contributed by atoms with van der Waals surface area (Å²) in [4.78, 5) is 13.8. The minimum atomic E-state index is -0.587. The van der Waals surface area contributed by atoms with Gasteiger partial charge in [0.25, 0.3) is 0 Å². The maximum Gasteiger partial charge on any atom is 0.239 e. The predicted molar refractivity (Wildman–Crippen MR) is 60.8 cm³/mol. The highest BCUT2D eigenvalue weighted by molar-refractivity contribution is 7.11. The van der Waals surface area contributed by atoms with Gasteiger partial charge in [-0.2, -0.15) is 0 Å². The first-order valence-electron chi connectivity index (χ1n) is 4.71. The number of rotatable bonds is 5. The molecule has 0 saturated heterocycles. The topological polar surface area (TPSA) is 64.3 Å². The SMILES string of the molecule is COCC(N)C(=O)NCc1ccc(C)s1. The van der Waals surface area contributed by atoms with Gasteiger partial charge in [0.05, 0.1) is 13.2 Å². The fourth-order valence-corrected chi connectivity index (χ4v) is 1.97. The van der Waals surface area contributed by atoms with E-state index in [-0.39, 0.29) is 12.5 Å². The number of hydrogen-bond acceptors (Lipinski definition) is 4. The zero-order chi connectivity index (χ0) is 11.3. The first-order valence-corrected chi connectivity index (χ1v) is 5.52. The molecule has 15 heavy (non-hydrogen) atoms. The molecular formula is C10H16N2O2S. The van der Waals surface area contributed by atoms with Crippen molar-refractivity contribution in [3.05, 3.63) is 21.9 Å². The molecule has 1 rings (SSSR count). The lowest BCUT2D eigenvalue weighted by Crippen LogP contribution is -2.43. The number of aryl methyl sites for hydroxylation is 1. The Kier molecular flexibility index (Phi) is 4.74. The number of hydrogen-bond donors (Lipinski definition) is 2. The third-order valence-electron chi connectivity index (χ3n) is 1.92. The number of amides is 1. The predicted octanol–water partition coefficient (Wildman–Crippen LogP) is 0.646. The number of methoxy groups -OCH3 is 1. The first kappa shape index (κ1) is 12.2. The van der Waals surface area contributed by atoms with Crippen molar-refractivity contribution in [3.63, 3.8) is 0 Å². The van der Waals surface area contributed by atoms with Crippen LogP contribution in [0.25, 0.3) is 0 Å². The van der Waals surface area contributed by atoms with Gasteiger partial charge >= 0.3 is 0 Å². The van der Waals surface area contributed by atoms with Crippen LogP contribution in [0.15, 0.2) is 12.1 Å². The second kappa shape index (κ2) is 5.85. The van der Waals surface area contributed by atoms with Gasteiger partial charge in [0, 0.05) is 16.9 Å². The number of nitrogens with one attached hydrogen (secondary N) is 1. The maximum absolute atomic E-state index is 11.4. The summed E-state index contributed by atoms with van der Waals surface area (Å²) in [7, 11) is 1.52. The van der Waals surface area contributed by atoms with E-state index >= 15 is 0 Å². The molecule has 0 aliphatic rings. The highest BCUT2D eigenvalue weighted by atomic mass is 32.1. The smallest absolute Gasteiger partial charge is 0.239 e. The van der Waals surface area contributed by atoms with Crippen LogP contribution in [0.4, 0.5) is 0 Å². The average molecular weight is 228 g/mol. The molecule has 0 saturated carbocycles. The van der Waals surface area contributed by atoms with Crippen LogP contribution in [-0.4, -0.2) is 25.7 Å². The zero-order valence-electron chi connectivity index (χ0n) is 8.95. The van der Waals surface area contributed by atoms with Crippen molar-refractivity contribution in [2.24, 2.45) is 5.73 Å². The highest BCUT2D eigenvalue weighted by Crippen LogP contribution is 2.14. The Balaban J connectivity index is 2.34. The van der Waals surface area contributed by atoms with Gasteiger partial charge in [-0.05, 0) is 19.1 Å². The van der Waals surface area contributed by atoms with Gasteiger partial charge in [-0.3, -0.25) is 4.79 Å². The molecule has 1 unspecified atom stereocenters. The summed E-state index contributed by atoms with van der Waals surface area (Å²) in [5, 5.41) is 2.76. The summed E-state index contributed by atoms with van der Waals surface area (Å²) >= 11 is 1.67. The van der Waals surface area contributed by atoms with Gasteiger partial charge in [-0.25, -0.2) is 0 Å². The standard InChI is InChI=1S/C10H16N2O2S/c1-7-3-4-8(15-7)5-12-10(13)9(11)6-14-2/h3-4,9H,5-6,11H2,1-2H3,(H,12,13). The van der Waals surface area contributed by atoms with Crippen LogP contribution in [0.3, 0.4) is 0 Å². The highest BCUT2D eigenvalue weighted by Gasteiger charge is 2.12. The van der Waals surface area contributed by atoms with Crippen LogP contribution < -0.4 is 11.1 Å². The summed E-state index contributed by atoms with van der Waals surface area (Å²) < 4.78 is 4.80. The van der Waals surface area contributed by atoms with E-state index in [4.69, 9.17) is 10.5 Å². The van der Waals surface area contributed by atoms with Gasteiger partial charge in [-0.1, -0.05) is 0 Å². The molecule has 0 radical (unpaired) electrons. The molecule has 0 fully saturated rings. The molecule has 1 amide bonds. The number of carbonyl (C=O) groups excluding carboxylic acids is 1. The van der Waals surface area contributed by atoms with Crippen LogP contribution >= 0.6 is 11.3 Å². The van der Waals surface area contributed by atoms with E-state index in [0.29, 0.717) is 6.54 Å². The van der Waals surface area contributed by atoms with Crippen LogP contribution in [0.1, 0.15) is 9.75 Å². The van der Waals surface area contributed by atoms with Crippen molar-refractivity contribution in [1.29, 1.82) is 0 Å². The normalized spacial score (nSPS) is 12.5. The molecule has 1 heterocycles. The molecule has 0 aromatic carbocycles. The van der Waals surface area contributed by atoms with Crippen molar-refractivity contribution < 1.29 is 9.53 Å². The summed E-state index contributed by atoms with van der Waals surface area (Å²) in [5.74, 6) is -0.178. The fourth-order valence-electron chi connectivity index (χ4n) is 1.14. The Bertz CT molecular complexity index is 325. The molecule has 1 atom stereocenters. The van der Waals surface area contributed by atoms with Crippen molar-refractivity contribution in [2.45, 2.75) is 19.5 Å². The van der Waals surface area contributed by atoms with Crippen LogP contribution in [0, 0.1) is 6.92 Å². The van der Waals surface area contributed by atoms with Crippen molar-refractivity contribution >= 4 is 17.2 Å². The number of thiophene rings is 1. The molecule has 1 aromatic heterocycles. The number of nitrogens with two attached hydrogens (primary N) is 1. The zero-order valence-corrected chi connectivity index (χ0v) is 9.76. The Hall–Kier alpha value is -0.910. The van der Waals surface area contributed by atoms with E-state index < -0.39 is 6.04 Å². The lowest BCUT2D eigenvalue weighted by Gasteiger charge is -2.10. The third kappa shape index (κ3) is 3.99. The summed E-state index contributed by atoms with van der Waals surface area (Å²) in [6.45, 7) is 2.82. The molecule has 0 aliphatic heterocycles. The lowest BCUT2D eigenvalue weighted by atomic mass is 10.3. The molecule has 84 valence electrons. The largest absolute Gasteiger partial charge is 0.383 e. The fraction of sp³-hybridized carbons (Fsp3) is 0.500. The van der Waals surface area contributed by atoms with E-state index in [9.17, 15) is 4.79 Å². The molecule has 5 heteroatoms. The summed E-state index contributed by atoms with van der Waals surface area (Å²) in [6, 6.07) is 3.44. The maximum atomic E-state index is 11.4. The molecule has 0 aliphatic carbocycles. The Labute approximate surface area is 93.4 Å². The van der Waals surface area contributed by atoms with Gasteiger partial charge in [0.15, 0.2) is 0 Å². The summed E-state index contributed by atoms with van der Waals surface area (Å²) in [5.41, 5.74) is 5.56. The Morgan fingerprint density at radius 3 is 2.93 bits per heavy atom.